The van der Waals surface area contributed by atoms with E-state index < -0.39 is 26.5 Å². The number of nitrogens with one attached hydrogen (secondary N) is 2. The number of fused-ring (bicyclic) bond motifs is 1. The van der Waals surface area contributed by atoms with Crippen LogP contribution in [0.5, 0.6) is 0 Å². The van der Waals surface area contributed by atoms with E-state index >= 15 is 0 Å². The molecule has 0 atom stereocenters. The molecule has 2 heterocycles. The number of aryl methyl sites for hydroxylation is 1. The summed E-state index contributed by atoms with van der Waals surface area (Å²) in [6, 6.07) is 5.27. The zero-order valence-electron chi connectivity index (χ0n) is 17.7. The second-order valence-corrected chi connectivity index (χ2v) is 11.0. The highest BCUT2D eigenvalue weighted by Crippen LogP contribution is 2.38. The number of nitrogens with two attached hydrogens (primary N) is 1. The topological polar surface area (TPSA) is 157 Å². The number of hydrogen-bond acceptors (Lipinski definition) is 7. The van der Waals surface area contributed by atoms with E-state index in [2.05, 4.69) is 5.32 Å². The maximum Gasteiger partial charge on any atom is 0.289 e. The van der Waals surface area contributed by atoms with Crippen molar-refractivity contribution in [1.29, 1.82) is 0 Å². The highest BCUT2D eigenvalue weighted by molar-refractivity contribution is 7.89. The van der Waals surface area contributed by atoms with Crippen LogP contribution in [-0.2, 0) is 27.7 Å². The lowest BCUT2D eigenvalue weighted by molar-refractivity contribution is -0.895. The number of carbonyl (C=O) groups is 2. The fraction of sp³-hybridized carbons (Fsp3) is 0.400. The van der Waals surface area contributed by atoms with Crippen LogP contribution in [0.2, 0.25) is 0 Å². The van der Waals surface area contributed by atoms with Crippen molar-refractivity contribution in [2.45, 2.75) is 24.2 Å². The fourth-order valence-electron chi connectivity index (χ4n) is 4.34. The van der Waals surface area contributed by atoms with E-state index in [-0.39, 0.29) is 30.4 Å². The van der Waals surface area contributed by atoms with Crippen molar-refractivity contribution < 1.29 is 27.8 Å². The molecule has 0 unspecified atom stereocenters. The first-order valence-electron chi connectivity index (χ1n) is 10.5. The molecule has 1 saturated heterocycles. The number of benzene rings is 1. The number of para-hydroxylation sites is 1. The Bertz CT molecular complexity index is 1220. The van der Waals surface area contributed by atoms with Crippen LogP contribution in [0.25, 0.3) is 0 Å². The highest BCUT2D eigenvalue weighted by Gasteiger charge is 2.35. The summed E-state index contributed by atoms with van der Waals surface area (Å²) in [5, 5.41) is 14.5. The van der Waals surface area contributed by atoms with Crippen molar-refractivity contribution in [2.24, 2.45) is 5.73 Å². The molecule has 2 amide bonds. The van der Waals surface area contributed by atoms with Crippen molar-refractivity contribution in [2.75, 3.05) is 38.0 Å². The van der Waals surface area contributed by atoms with Gasteiger partial charge in [-0.15, -0.1) is 11.3 Å². The fourth-order valence-corrected chi connectivity index (χ4v) is 7.25. The number of sulfonamides is 1. The molecule has 2 aliphatic rings. The molecule has 1 aromatic heterocycles. The highest BCUT2D eigenvalue weighted by atomic mass is 32.2. The van der Waals surface area contributed by atoms with Crippen molar-refractivity contribution in [3.05, 3.63) is 50.4 Å². The van der Waals surface area contributed by atoms with Gasteiger partial charge in [-0.3, -0.25) is 19.7 Å². The van der Waals surface area contributed by atoms with Crippen LogP contribution in [0, 0.1) is 10.1 Å². The summed E-state index contributed by atoms with van der Waals surface area (Å²) in [5.41, 5.74) is 6.41. The van der Waals surface area contributed by atoms with E-state index in [0.29, 0.717) is 23.7 Å². The number of hydrogen-bond donors (Lipinski definition) is 3. The lowest BCUT2D eigenvalue weighted by Crippen LogP contribution is -3.15. The van der Waals surface area contributed by atoms with Gasteiger partial charge in [0.05, 0.1) is 36.7 Å². The summed E-state index contributed by atoms with van der Waals surface area (Å²) in [7, 11) is -4.02. The van der Waals surface area contributed by atoms with Crippen molar-refractivity contribution in [1.82, 2.24) is 4.31 Å². The van der Waals surface area contributed by atoms with Gasteiger partial charge in [0.25, 0.3) is 17.5 Å². The second kappa shape index (κ2) is 9.17. The molecule has 1 aromatic carbocycles. The van der Waals surface area contributed by atoms with E-state index in [0.717, 1.165) is 34.6 Å². The summed E-state index contributed by atoms with van der Waals surface area (Å²) < 4.78 is 27.1. The molecule has 0 radical (unpaired) electrons. The molecule has 1 fully saturated rings. The lowest BCUT2D eigenvalue weighted by atomic mass is 10.1. The molecular formula is C20H24N5O6S2+. The van der Waals surface area contributed by atoms with Gasteiger partial charge in [0, 0.05) is 10.9 Å². The number of rotatable bonds is 7. The van der Waals surface area contributed by atoms with Crippen LogP contribution in [0.4, 0.5) is 10.7 Å². The monoisotopic (exact) mass is 494 g/mol. The molecule has 0 bridgehead atoms. The first-order chi connectivity index (χ1) is 15.7. The molecule has 176 valence electrons. The molecule has 4 rings (SSSR count). The van der Waals surface area contributed by atoms with Crippen LogP contribution in [0.3, 0.4) is 0 Å². The summed E-state index contributed by atoms with van der Waals surface area (Å²) in [6.45, 7) is 1.13. The molecule has 11 nitrogen and oxygen atoms in total. The lowest BCUT2D eigenvalue weighted by Gasteiger charge is -2.31. The number of nitro groups is 1. The summed E-state index contributed by atoms with van der Waals surface area (Å²) in [6.07, 6.45) is 2.62. The number of quaternary nitrogens is 1. The number of amides is 2. The van der Waals surface area contributed by atoms with Gasteiger partial charge >= 0.3 is 0 Å². The number of piperazine rings is 1. The number of primary amides is 1. The van der Waals surface area contributed by atoms with Gasteiger partial charge in [0.1, 0.15) is 5.00 Å². The predicted octanol–water partition coefficient (Wildman–Crippen LogP) is -0.228. The summed E-state index contributed by atoms with van der Waals surface area (Å²) in [4.78, 5) is 36.7. The summed E-state index contributed by atoms with van der Waals surface area (Å²) in [5.74, 6) is -0.826. The maximum absolute atomic E-state index is 12.9. The first kappa shape index (κ1) is 23.3. The molecule has 0 spiro atoms. The normalized spacial score (nSPS) is 17.0. The quantitative estimate of drug-likeness (QED) is 0.356. The SMILES string of the molecule is NC(=O)c1c(NC(=O)C[NH+]2CCN(S(=O)(=O)c3ccccc3[N+](=O)[O-])CC2)sc2c1CCC2. The smallest absolute Gasteiger partial charge is 0.289 e. The van der Waals surface area contributed by atoms with E-state index in [9.17, 15) is 28.1 Å². The largest absolute Gasteiger partial charge is 0.365 e. The minimum atomic E-state index is -4.02. The molecule has 1 aliphatic carbocycles. The van der Waals surface area contributed by atoms with Gasteiger partial charge in [-0.25, -0.2) is 8.42 Å². The van der Waals surface area contributed by atoms with Crippen molar-refractivity contribution >= 4 is 43.9 Å². The average Bonchev–Trinajstić information content (AvgIpc) is 3.34. The number of nitro benzene ring substituents is 1. The predicted molar refractivity (Wildman–Crippen MR) is 121 cm³/mol. The van der Waals surface area contributed by atoms with E-state index in [4.69, 9.17) is 5.73 Å². The van der Waals surface area contributed by atoms with Gasteiger partial charge < -0.3 is 16.0 Å². The Labute approximate surface area is 194 Å². The van der Waals surface area contributed by atoms with E-state index in [1.165, 1.54) is 39.9 Å². The molecule has 4 N–H and O–H groups in total. The third-order valence-corrected chi connectivity index (χ3v) is 9.09. The van der Waals surface area contributed by atoms with E-state index in [1.807, 2.05) is 0 Å². The van der Waals surface area contributed by atoms with Crippen molar-refractivity contribution in [3.8, 4) is 0 Å². The van der Waals surface area contributed by atoms with Gasteiger partial charge in [-0.2, -0.15) is 4.31 Å². The molecular weight excluding hydrogens is 470 g/mol. The van der Waals surface area contributed by atoms with Gasteiger partial charge in [-0.05, 0) is 30.9 Å². The minimum absolute atomic E-state index is 0.111. The third kappa shape index (κ3) is 4.62. The van der Waals surface area contributed by atoms with Gasteiger partial charge in [-0.1, -0.05) is 12.1 Å². The number of nitrogens with zero attached hydrogens (tertiary/aromatic N) is 2. The zero-order valence-corrected chi connectivity index (χ0v) is 19.3. The number of anilines is 1. The Morgan fingerprint density at radius 1 is 1.21 bits per heavy atom. The van der Waals surface area contributed by atoms with Crippen LogP contribution in [-0.4, -0.2) is 62.2 Å². The molecule has 2 aromatic rings. The third-order valence-electron chi connectivity index (χ3n) is 5.94. The average molecular weight is 495 g/mol. The maximum atomic E-state index is 12.9. The second-order valence-electron chi connectivity index (χ2n) is 8.03. The summed E-state index contributed by atoms with van der Waals surface area (Å²) >= 11 is 1.39. The zero-order chi connectivity index (χ0) is 23.8. The molecule has 13 heteroatoms. The van der Waals surface area contributed by atoms with Crippen LogP contribution < -0.4 is 16.0 Å². The number of thiophene rings is 1. The molecule has 0 saturated carbocycles. The first-order valence-corrected chi connectivity index (χ1v) is 12.8. The Balaban J connectivity index is 1.38. The molecule has 33 heavy (non-hydrogen) atoms. The van der Waals surface area contributed by atoms with Crippen molar-refractivity contribution in [3.63, 3.8) is 0 Å². The standard InChI is InChI=1S/C20H23N5O6S2/c21-19(27)18-13-4-3-6-15(13)32-20(18)22-17(26)12-23-8-10-24(11-9-23)33(30,31)16-7-2-1-5-14(16)25(28)29/h1-2,5,7H,3-4,6,8-12H2,(H2,21,27)(H,22,26)/p+1. The van der Waals surface area contributed by atoms with Gasteiger partial charge in [0.2, 0.25) is 10.0 Å². The molecule has 1 aliphatic heterocycles. The van der Waals surface area contributed by atoms with Crippen LogP contribution in [0.15, 0.2) is 29.2 Å². The van der Waals surface area contributed by atoms with E-state index in [1.54, 1.807) is 0 Å². The Kier molecular flexibility index (Phi) is 6.47. The Morgan fingerprint density at radius 3 is 2.58 bits per heavy atom. The van der Waals surface area contributed by atoms with Crippen LogP contribution in [0.1, 0.15) is 27.2 Å². The van der Waals surface area contributed by atoms with Gasteiger partial charge in [0.15, 0.2) is 11.4 Å². The minimum Gasteiger partial charge on any atom is -0.365 e. The Morgan fingerprint density at radius 2 is 1.91 bits per heavy atom. The van der Waals surface area contributed by atoms with Crippen LogP contribution >= 0.6 is 11.3 Å². The Hall–Kier alpha value is -2.87. The number of carbonyl (C=O) groups excluding carboxylic acids is 2.